The molecule has 0 unspecified atom stereocenters. The maximum absolute atomic E-state index is 5.72. The van der Waals surface area contributed by atoms with E-state index in [9.17, 15) is 0 Å². The Hall–Kier alpha value is -1.42. The number of hydrogen-bond acceptors (Lipinski definition) is 1. The van der Waals surface area contributed by atoms with Crippen LogP contribution in [-0.2, 0) is 13.6 Å². The fourth-order valence-electron chi connectivity index (χ4n) is 1.54. The lowest BCUT2D eigenvalue weighted by molar-refractivity contribution is 0.465. The van der Waals surface area contributed by atoms with E-state index in [0.29, 0.717) is 11.6 Å². The molecule has 0 saturated heterocycles. The van der Waals surface area contributed by atoms with E-state index in [1.54, 1.807) is 7.05 Å². The third kappa shape index (κ3) is 4.15. The minimum Gasteiger partial charge on any atom is -0.353 e. The Morgan fingerprint density at radius 1 is 1.65 bits per heavy atom. The smallest absolute Gasteiger partial charge is 0.194 e. The van der Waals surface area contributed by atoms with Crippen LogP contribution in [0.2, 0.25) is 0 Å². The van der Waals surface area contributed by atoms with Crippen LogP contribution in [-0.4, -0.2) is 36.1 Å². The van der Waals surface area contributed by atoms with Crippen molar-refractivity contribution in [2.75, 3.05) is 20.6 Å². The van der Waals surface area contributed by atoms with Crippen molar-refractivity contribution in [1.29, 1.82) is 0 Å². The van der Waals surface area contributed by atoms with Gasteiger partial charge in [0, 0.05) is 38.1 Å². The quantitative estimate of drug-likeness (QED) is 0.656. The predicted molar refractivity (Wildman–Crippen MR) is 73.2 cm³/mol. The van der Waals surface area contributed by atoms with E-state index in [1.807, 2.05) is 31.3 Å². The van der Waals surface area contributed by atoms with Crippen LogP contribution in [0.5, 0.6) is 0 Å². The van der Waals surface area contributed by atoms with Gasteiger partial charge in [0.05, 0.1) is 13.1 Å². The Kier molecular flexibility index (Phi) is 5.10. The molecule has 0 amide bonds. The highest BCUT2D eigenvalue weighted by Gasteiger charge is 2.07. The lowest BCUT2D eigenvalue weighted by Crippen LogP contribution is -2.39. The van der Waals surface area contributed by atoms with Crippen molar-refractivity contribution in [3.8, 4) is 0 Å². The van der Waals surface area contributed by atoms with Crippen molar-refractivity contribution >= 4 is 17.6 Å². The first-order valence-electron chi connectivity index (χ1n) is 5.40. The summed E-state index contributed by atoms with van der Waals surface area (Å²) >= 11 is 5.72. The highest BCUT2D eigenvalue weighted by Crippen LogP contribution is 2.04. The molecule has 0 radical (unpaired) electrons. The molecule has 1 rings (SSSR count). The van der Waals surface area contributed by atoms with Crippen molar-refractivity contribution in [2.45, 2.75) is 6.54 Å². The molecule has 0 aliphatic heterocycles. The Bertz CT molecular complexity index is 408. The Morgan fingerprint density at radius 2 is 2.35 bits per heavy atom. The zero-order valence-corrected chi connectivity index (χ0v) is 11.3. The van der Waals surface area contributed by atoms with Crippen LogP contribution >= 0.6 is 11.6 Å². The zero-order valence-electron chi connectivity index (χ0n) is 10.6. The monoisotopic (exact) mass is 254 g/mol. The number of nitrogens with one attached hydrogen (secondary N) is 1. The summed E-state index contributed by atoms with van der Waals surface area (Å²) in [4.78, 5) is 6.23. The summed E-state index contributed by atoms with van der Waals surface area (Å²) in [5.41, 5.74) is 1.22. The first kappa shape index (κ1) is 13.6. The number of halogens is 1. The largest absolute Gasteiger partial charge is 0.353 e. The average Bonchev–Trinajstić information content (AvgIpc) is 2.65. The fourth-order valence-corrected chi connectivity index (χ4v) is 1.61. The second-order valence-corrected chi connectivity index (χ2v) is 4.42. The number of hydrogen-bond donors (Lipinski definition) is 1. The molecule has 0 bridgehead atoms. The second-order valence-electron chi connectivity index (χ2n) is 3.88. The molecule has 0 spiro atoms. The molecule has 0 aliphatic carbocycles. The molecule has 4 nitrogen and oxygen atoms in total. The molecule has 5 heteroatoms. The van der Waals surface area contributed by atoms with Gasteiger partial charge < -0.3 is 14.8 Å². The van der Waals surface area contributed by atoms with Crippen LogP contribution in [0.25, 0.3) is 0 Å². The van der Waals surface area contributed by atoms with Crippen LogP contribution in [0, 0.1) is 0 Å². The van der Waals surface area contributed by atoms with E-state index in [0.717, 1.165) is 12.5 Å². The van der Waals surface area contributed by atoms with Crippen molar-refractivity contribution in [3.63, 3.8) is 0 Å². The lowest BCUT2D eigenvalue weighted by Gasteiger charge is -2.22. The molecule has 1 N–H and O–H groups in total. The van der Waals surface area contributed by atoms with Crippen molar-refractivity contribution in [2.24, 2.45) is 12.0 Å². The van der Waals surface area contributed by atoms with Gasteiger partial charge in [0.15, 0.2) is 5.96 Å². The molecule has 0 aliphatic rings. The number of rotatable bonds is 4. The van der Waals surface area contributed by atoms with Gasteiger partial charge in [-0.1, -0.05) is 18.2 Å². The number of aliphatic imine (C=N–C) groups is 1. The summed E-state index contributed by atoms with van der Waals surface area (Å²) < 4.78 is 2.09. The molecular weight excluding hydrogens is 236 g/mol. The first-order valence-corrected chi connectivity index (χ1v) is 5.77. The van der Waals surface area contributed by atoms with E-state index in [1.165, 1.54) is 5.69 Å². The highest BCUT2D eigenvalue weighted by atomic mass is 35.5. The zero-order chi connectivity index (χ0) is 12.8. The van der Waals surface area contributed by atoms with Gasteiger partial charge in [0.2, 0.25) is 0 Å². The van der Waals surface area contributed by atoms with Crippen molar-refractivity contribution in [1.82, 2.24) is 14.8 Å². The van der Waals surface area contributed by atoms with Crippen LogP contribution in [0.15, 0.2) is 34.9 Å². The fraction of sp³-hybridized carbons (Fsp3) is 0.417. The van der Waals surface area contributed by atoms with Gasteiger partial charge in [-0.05, 0) is 12.1 Å². The van der Waals surface area contributed by atoms with Crippen molar-refractivity contribution in [3.05, 3.63) is 35.6 Å². The second kappa shape index (κ2) is 6.35. The molecule has 0 saturated carbocycles. The van der Waals surface area contributed by atoms with Gasteiger partial charge in [0.25, 0.3) is 0 Å². The van der Waals surface area contributed by atoms with Crippen LogP contribution in [0.3, 0.4) is 0 Å². The SMILES string of the molecule is C=C(Cl)CNC(=NC)N(C)Cc1cccn1C. The lowest BCUT2D eigenvalue weighted by atomic mass is 10.4. The summed E-state index contributed by atoms with van der Waals surface area (Å²) in [5, 5.41) is 3.70. The Labute approximate surface area is 108 Å². The highest BCUT2D eigenvalue weighted by molar-refractivity contribution is 6.29. The topological polar surface area (TPSA) is 32.6 Å². The summed E-state index contributed by atoms with van der Waals surface area (Å²) in [7, 11) is 5.76. The average molecular weight is 255 g/mol. The number of aryl methyl sites for hydroxylation is 1. The van der Waals surface area contributed by atoms with E-state index in [-0.39, 0.29) is 0 Å². The molecule has 0 atom stereocenters. The molecule has 0 fully saturated rings. The maximum atomic E-state index is 5.72. The minimum atomic E-state index is 0.520. The summed E-state index contributed by atoms with van der Waals surface area (Å²) in [5.74, 6) is 0.799. The third-order valence-electron chi connectivity index (χ3n) is 2.46. The molecule has 1 heterocycles. The Morgan fingerprint density at radius 3 is 2.82 bits per heavy atom. The van der Waals surface area contributed by atoms with Crippen LogP contribution in [0.1, 0.15) is 5.69 Å². The van der Waals surface area contributed by atoms with Gasteiger partial charge in [-0.3, -0.25) is 4.99 Å². The van der Waals surface area contributed by atoms with E-state index in [2.05, 4.69) is 27.5 Å². The van der Waals surface area contributed by atoms with E-state index < -0.39 is 0 Å². The van der Waals surface area contributed by atoms with Gasteiger partial charge in [-0.2, -0.15) is 0 Å². The minimum absolute atomic E-state index is 0.520. The number of nitrogens with zero attached hydrogens (tertiary/aromatic N) is 3. The summed E-state index contributed by atoms with van der Waals surface area (Å²) in [6.07, 6.45) is 2.03. The van der Waals surface area contributed by atoms with Crippen LogP contribution < -0.4 is 5.32 Å². The van der Waals surface area contributed by atoms with Gasteiger partial charge in [-0.15, -0.1) is 0 Å². The standard InChI is InChI=1S/C12H19ClN4/c1-10(13)8-15-12(14-2)17(4)9-11-6-5-7-16(11)3/h5-7H,1,8-9H2,2-4H3,(H,14,15). The molecule has 0 aromatic carbocycles. The Balaban J connectivity index is 2.58. The predicted octanol–water partition coefficient (Wildman–Crippen LogP) is 1.78. The molecule has 1 aromatic heterocycles. The van der Waals surface area contributed by atoms with E-state index >= 15 is 0 Å². The third-order valence-corrected chi connectivity index (χ3v) is 2.60. The van der Waals surface area contributed by atoms with Crippen LogP contribution in [0.4, 0.5) is 0 Å². The molecule has 17 heavy (non-hydrogen) atoms. The van der Waals surface area contributed by atoms with E-state index in [4.69, 9.17) is 11.6 Å². The normalized spacial score (nSPS) is 11.4. The summed E-state index contributed by atoms with van der Waals surface area (Å²) in [6.45, 7) is 4.95. The first-order chi connectivity index (χ1) is 8.04. The van der Waals surface area contributed by atoms with Gasteiger partial charge in [0.1, 0.15) is 0 Å². The molecule has 1 aromatic rings. The number of guanidine groups is 1. The maximum Gasteiger partial charge on any atom is 0.194 e. The molecular formula is C12H19ClN4. The van der Waals surface area contributed by atoms with Gasteiger partial charge >= 0.3 is 0 Å². The van der Waals surface area contributed by atoms with Gasteiger partial charge in [-0.25, -0.2) is 0 Å². The summed E-state index contributed by atoms with van der Waals surface area (Å²) in [6, 6.07) is 4.12. The number of aromatic nitrogens is 1. The van der Waals surface area contributed by atoms with Crippen molar-refractivity contribution < 1.29 is 0 Å². The molecule has 94 valence electrons.